The van der Waals surface area contributed by atoms with E-state index in [0.29, 0.717) is 0 Å². The van der Waals surface area contributed by atoms with E-state index >= 15 is 0 Å². The molecule has 1 aliphatic rings. The number of hydrogen-bond donors (Lipinski definition) is 2. The van der Waals surface area contributed by atoms with Crippen molar-refractivity contribution in [3.63, 3.8) is 0 Å². The van der Waals surface area contributed by atoms with Crippen LogP contribution in [0, 0.1) is 5.92 Å². The van der Waals surface area contributed by atoms with Crippen LogP contribution in [0.25, 0.3) is 0 Å². The molecule has 0 radical (unpaired) electrons. The molecule has 0 aromatic heterocycles. The largest absolute Gasteiger partial charge is 0.508 e. The number of aliphatic hydroxyl groups excluding tert-OH is 1. The minimum absolute atomic E-state index is 0.0834. The zero-order valence-electron chi connectivity index (χ0n) is 15.0. The van der Waals surface area contributed by atoms with Crippen LogP contribution in [0.2, 0.25) is 0 Å². The van der Waals surface area contributed by atoms with E-state index in [1.165, 1.54) is 24.8 Å². The third-order valence-corrected chi connectivity index (χ3v) is 5.52. The summed E-state index contributed by atoms with van der Waals surface area (Å²) in [5.41, 5.74) is 2.30. The van der Waals surface area contributed by atoms with Crippen molar-refractivity contribution in [1.82, 2.24) is 4.90 Å². The lowest BCUT2D eigenvalue weighted by atomic mass is 9.93. The van der Waals surface area contributed by atoms with Gasteiger partial charge in [0.25, 0.3) is 0 Å². The van der Waals surface area contributed by atoms with E-state index in [9.17, 15) is 10.2 Å². The van der Waals surface area contributed by atoms with E-state index < -0.39 is 6.10 Å². The van der Waals surface area contributed by atoms with Gasteiger partial charge >= 0.3 is 0 Å². The van der Waals surface area contributed by atoms with Gasteiger partial charge in [0.2, 0.25) is 0 Å². The van der Waals surface area contributed by atoms with Crippen LogP contribution >= 0.6 is 0 Å². The van der Waals surface area contributed by atoms with E-state index in [1.807, 2.05) is 12.1 Å². The molecule has 1 saturated heterocycles. The van der Waals surface area contributed by atoms with Crippen LogP contribution in [-0.2, 0) is 6.42 Å². The van der Waals surface area contributed by atoms with Crippen LogP contribution in [0.3, 0.4) is 0 Å². The van der Waals surface area contributed by atoms with Crippen molar-refractivity contribution < 1.29 is 10.2 Å². The number of aromatic hydroxyl groups is 1. The number of phenolic OH excluding ortho intramolecular Hbond substituents is 1. The molecule has 1 aliphatic heterocycles. The molecule has 0 bridgehead atoms. The van der Waals surface area contributed by atoms with E-state index in [4.69, 9.17) is 0 Å². The van der Waals surface area contributed by atoms with Gasteiger partial charge in [-0.15, -0.1) is 0 Å². The summed E-state index contributed by atoms with van der Waals surface area (Å²) in [6.45, 7) is 4.18. The summed E-state index contributed by atoms with van der Waals surface area (Å²) in [7, 11) is 0. The van der Waals surface area contributed by atoms with Gasteiger partial charge in [0, 0.05) is 6.04 Å². The highest BCUT2D eigenvalue weighted by atomic mass is 16.3. The fraction of sp³-hybridized carbons (Fsp3) is 0.455. The molecule has 25 heavy (non-hydrogen) atoms. The molecule has 1 fully saturated rings. The summed E-state index contributed by atoms with van der Waals surface area (Å²) < 4.78 is 0. The molecule has 2 N–H and O–H groups in total. The average Bonchev–Trinajstić information content (AvgIpc) is 2.88. The summed E-state index contributed by atoms with van der Waals surface area (Å²) in [4.78, 5) is 2.42. The lowest BCUT2D eigenvalue weighted by Crippen LogP contribution is -2.38. The number of aliphatic hydroxyl groups is 1. The fourth-order valence-electron chi connectivity index (χ4n) is 3.90. The quantitative estimate of drug-likeness (QED) is 0.860. The Bertz CT molecular complexity index is 641. The second-order valence-corrected chi connectivity index (χ2v) is 7.30. The van der Waals surface area contributed by atoms with Gasteiger partial charge in [-0.05, 0) is 74.9 Å². The maximum atomic E-state index is 10.7. The van der Waals surface area contributed by atoms with Crippen LogP contribution in [0.4, 0.5) is 0 Å². The Morgan fingerprint density at radius 3 is 2.44 bits per heavy atom. The van der Waals surface area contributed by atoms with Crippen LogP contribution in [0.15, 0.2) is 54.6 Å². The second-order valence-electron chi connectivity index (χ2n) is 7.30. The number of benzene rings is 2. The van der Waals surface area contributed by atoms with E-state index in [-0.39, 0.29) is 11.8 Å². The lowest BCUT2D eigenvalue weighted by Gasteiger charge is -2.31. The molecule has 3 rings (SSSR count). The number of likely N-dealkylation sites (tertiary alicyclic amines) is 1. The molecule has 134 valence electrons. The van der Waals surface area contributed by atoms with Crippen LogP contribution in [-0.4, -0.2) is 34.2 Å². The molecular formula is C22H29NO2. The normalized spacial score (nSPS) is 21.4. The Kier molecular flexibility index (Phi) is 6.11. The summed E-state index contributed by atoms with van der Waals surface area (Å²) in [5, 5.41) is 20.1. The number of hydrogen-bond acceptors (Lipinski definition) is 3. The Morgan fingerprint density at radius 1 is 1.00 bits per heavy atom. The Labute approximate surface area is 150 Å². The van der Waals surface area contributed by atoms with Crippen molar-refractivity contribution in [2.45, 2.75) is 44.8 Å². The van der Waals surface area contributed by atoms with Gasteiger partial charge in [0.15, 0.2) is 0 Å². The van der Waals surface area contributed by atoms with Gasteiger partial charge in [-0.25, -0.2) is 0 Å². The average molecular weight is 339 g/mol. The van der Waals surface area contributed by atoms with Crippen molar-refractivity contribution in [2.75, 3.05) is 13.1 Å². The van der Waals surface area contributed by atoms with Crippen molar-refractivity contribution in [3.05, 3.63) is 65.7 Å². The molecule has 0 spiro atoms. The van der Waals surface area contributed by atoms with Gasteiger partial charge in [-0.1, -0.05) is 42.5 Å². The number of phenols is 1. The van der Waals surface area contributed by atoms with Gasteiger partial charge in [0.05, 0.1) is 6.10 Å². The molecule has 3 nitrogen and oxygen atoms in total. The zero-order valence-corrected chi connectivity index (χ0v) is 15.0. The highest BCUT2D eigenvalue weighted by Gasteiger charge is 2.26. The molecular weight excluding hydrogens is 310 g/mol. The van der Waals surface area contributed by atoms with E-state index in [0.717, 1.165) is 31.0 Å². The minimum Gasteiger partial charge on any atom is -0.508 e. The van der Waals surface area contributed by atoms with Crippen molar-refractivity contribution in [3.8, 4) is 5.75 Å². The van der Waals surface area contributed by atoms with E-state index in [1.54, 1.807) is 12.1 Å². The van der Waals surface area contributed by atoms with Crippen LogP contribution < -0.4 is 0 Å². The Balaban J connectivity index is 1.57. The highest BCUT2D eigenvalue weighted by Crippen LogP contribution is 2.27. The minimum atomic E-state index is -0.522. The van der Waals surface area contributed by atoms with Crippen molar-refractivity contribution in [1.29, 1.82) is 0 Å². The Morgan fingerprint density at radius 2 is 1.72 bits per heavy atom. The number of rotatable bonds is 5. The smallest absolute Gasteiger partial charge is 0.115 e. The molecule has 0 saturated carbocycles. The maximum absolute atomic E-state index is 10.7. The third kappa shape index (κ3) is 4.83. The maximum Gasteiger partial charge on any atom is 0.115 e. The Hall–Kier alpha value is -1.84. The molecule has 1 unspecified atom stereocenters. The molecule has 2 aromatic carbocycles. The van der Waals surface area contributed by atoms with Gasteiger partial charge in [-0.3, -0.25) is 4.90 Å². The number of nitrogens with zero attached hydrogens (tertiary/aromatic N) is 1. The fourth-order valence-corrected chi connectivity index (χ4v) is 3.90. The molecule has 2 aromatic rings. The first kappa shape index (κ1) is 18.0. The van der Waals surface area contributed by atoms with Gasteiger partial charge < -0.3 is 10.2 Å². The third-order valence-electron chi connectivity index (χ3n) is 5.52. The molecule has 0 amide bonds. The van der Waals surface area contributed by atoms with Crippen LogP contribution in [0.1, 0.15) is 43.4 Å². The van der Waals surface area contributed by atoms with Crippen molar-refractivity contribution >= 4 is 0 Å². The predicted octanol–water partition coefficient (Wildman–Crippen LogP) is 4.16. The molecule has 3 atom stereocenters. The first-order chi connectivity index (χ1) is 12.1. The summed E-state index contributed by atoms with van der Waals surface area (Å²) in [6.07, 6.45) is 4.26. The van der Waals surface area contributed by atoms with Gasteiger partial charge in [0.1, 0.15) is 5.75 Å². The van der Waals surface area contributed by atoms with E-state index in [2.05, 4.69) is 42.2 Å². The van der Waals surface area contributed by atoms with Gasteiger partial charge in [-0.2, -0.15) is 0 Å². The zero-order chi connectivity index (χ0) is 17.6. The first-order valence-corrected chi connectivity index (χ1v) is 9.38. The van der Waals surface area contributed by atoms with Crippen LogP contribution in [0.5, 0.6) is 5.75 Å². The summed E-state index contributed by atoms with van der Waals surface area (Å²) in [5.74, 6) is 0.965. The second kappa shape index (κ2) is 8.50. The monoisotopic (exact) mass is 339 g/mol. The summed E-state index contributed by atoms with van der Waals surface area (Å²) in [6, 6.07) is 17.7. The topological polar surface area (TPSA) is 43.7 Å². The molecule has 3 heteroatoms. The molecule has 1 heterocycles. The van der Waals surface area contributed by atoms with Crippen molar-refractivity contribution in [2.24, 2.45) is 5.92 Å². The standard InChI is InChI=1S/C22H29NO2/c1-17(22(25)20-9-11-21(24)12-10-20)23-14-5-8-19(13-15-23)16-18-6-3-2-4-7-18/h2-4,6-7,9-12,17,19,22,24-25H,5,8,13-16H2,1H3/t17-,19?,22-/m1/s1. The highest BCUT2D eigenvalue weighted by molar-refractivity contribution is 5.28. The molecule has 0 aliphatic carbocycles. The first-order valence-electron chi connectivity index (χ1n) is 9.38. The predicted molar refractivity (Wildman–Crippen MR) is 102 cm³/mol. The SMILES string of the molecule is C[C@H]([C@@H](O)c1ccc(O)cc1)N1CCCC(Cc2ccccc2)CC1. The summed E-state index contributed by atoms with van der Waals surface area (Å²) >= 11 is 0. The lowest BCUT2D eigenvalue weighted by molar-refractivity contribution is 0.0591.